The first kappa shape index (κ1) is 17.9. The summed E-state index contributed by atoms with van der Waals surface area (Å²) in [5.74, 6) is 0.401. The van der Waals surface area contributed by atoms with Gasteiger partial charge in [0.15, 0.2) is 0 Å². The monoisotopic (exact) mass is 315 g/mol. The topological polar surface area (TPSA) is 64.6 Å². The second-order valence-electron chi connectivity index (χ2n) is 4.76. The van der Waals surface area contributed by atoms with Gasteiger partial charge in [0, 0.05) is 19.8 Å². The molecular formula is C15H25NO4S. The second-order valence-corrected chi connectivity index (χ2v) is 6.50. The third-order valence-corrected chi connectivity index (χ3v) is 4.59. The van der Waals surface area contributed by atoms with Gasteiger partial charge in [0.05, 0.1) is 6.61 Å². The summed E-state index contributed by atoms with van der Waals surface area (Å²) in [6.07, 6.45) is 0.641. The maximum Gasteiger partial charge on any atom is 0.244 e. The fraction of sp³-hybridized carbons (Fsp3) is 0.600. The molecule has 0 unspecified atom stereocenters. The Balaban J connectivity index is 2.88. The molecule has 0 aliphatic rings. The molecule has 0 atom stereocenters. The Hall–Kier alpha value is -1.11. The van der Waals surface area contributed by atoms with Gasteiger partial charge < -0.3 is 9.47 Å². The van der Waals surface area contributed by atoms with Crippen molar-refractivity contribution in [1.82, 2.24) is 4.72 Å². The maximum absolute atomic E-state index is 12.4. The van der Waals surface area contributed by atoms with Crippen LogP contribution in [-0.4, -0.2) is 34.8 Å². The highest BCUT2D eigenvalue weighted by Crippen LogP contribution is 2.27. The van der Waals surface area contributed by atoms with Crippen LogP contribution in [-0.2, 0) is 14.8 Å². The minimum atomic E-state index is -3.57. The van der Waals surface area contributed by atoms with E-state index in [1.807, 2.05) is 27.7 Å². The van der Waals surface area contributed by atoms with E-state index in [1.165, 1.54) is 0 Å². The molecule has 21 heavy (non-hydrogen) atoms. The molecule has 6 heteroatoms. The first-order chi connectivity index (χ1) is 9.92. The number of hydrogen-bond donors (Lipinski definition) is 1. The smallest absolute Gasteiger partial charge is 0.244 e. The molecule has 5 nitrogen and oxygen atoms in total. The van der Waals surface area contributed by atoms with Gasteiger partial charge in [-0.15, -0.1) is 0 Å². The van der Waals surface area contributed by atoms with Crippen molar-refractivity contribution in [2.45, 2.75) is 39.0 Å². The van der Waals surface area contributed by atoms with Gasteiger partial charge in [-0.1, -0.05) is 0 Å². The fourth-order valence-electron chi connectivity index (χ4n) is 1.84. The first-order valence-electron chi connectivity index (χ1n) is 7.23. The van der Waals surface area contributed by atoms with Gasteiger partial charge in [0.1, 0.15) is 10.6 Å². The van der Waals surface area contributed by atoms with E-state index in [0.717, 1.165) is 11.1 Å². The molecule has 1 aromatic carbocycles. The zero-order chi connectivity index (χ0) is 15.9. The molecule has 0 aliphatic carbocycles. The lowest BCUT2D eigenvalue weighted by Gasteiger charge is -2.14. The molecule has 0 spiro atoms. The quantitative estimate of drug-likeness (QED) is 0.711. The Kier molecular flexibility index (Phi) is 7.14. The van der Waals surface area contributed by atoms with Crippen molar-refractivity contribution in [3.63, 3.8) is 0 Å². The van der Waals surface area contributed by atoms with E-state index in [9.17, 15) is 8.42 Å². The molecule has 0 fully saturated rings. The molecule has 0 saturated carbocycles. The molecule has 0 bridgehead atoms. The van der Waals surface area contributed by atoms with E-state index in [2.05, 4.69) is 4.72 Å². The minimum absolute atomic E-state index is 0.198. The van der Waals surface area contributed by atoms with Crippen LogP contribution in [0.2, 0.25) is 0 Å². The van der Waals surface area contributed by atoms with Gasteiger partial charge in [0.2, 0.25) is 10.0 Å². The van der Waals surface area contributed by atoms with Crippen molar-refractivity contribution in [2.75, 3.05) is 26.4 Å². The predicted molar refractivity (Wildman–Crippen MR) is 83.4 cm³/mol. The third-order valence-electron chi connectivity index (χ3n) is 3.11. The van der Waals surface area contributed by atoms with Crippen molar-refractivity contribution < 1.29 is 17.9 Å². The average Bonchev–Trinajstić information content (AvgIpc) is 2.42. The van der Waals surface area contributed by atoms with Crippen LogP contribution in [0.3, 0.4) is 0 Å². The SMILES string of the molecule is CCOCCCNS(=O)(=O)c1cc(C)c(C)cc1OCC. The third kappa shape index (κ3) is 5.30. The molecule has 0 saturated heterocycles. The number of benzene rings is 1. The maximum atomic E-state index is 12.4. The molecule has 120 valence electrons. The Labute approximate surface area is 127 Å². The van der Waals surface area contributed by atoms with Gasteiger partial charge >= 0.3 is 0 Å². The average molecular weight is 315 g/mol. The molecule has 0 aromatic heterocycles. The van der Waals surface area contributed by atoms with Gasteiger partial charge in [-0.3, -0.25) is 0 Å². The summed E-state index contributed by atoms with van der Waals surface area (Å²) in [5.41, 5.74) is 1.93. The molecule has 0 heterocycles. The number of rotatable bonds is 9. The van der Waals surface area contributed by atoms with Crippen LogP contribution in [0.5, 0.6) is 5.75 Å². The number of ether oxygens (including phenoxy) is 2. The molecule has 1 aromatic rings. The summed E-state index contributed by atoms with van der Waals surface area (Å²) in [6.45, 7) is 9.52. The number of aryl methyl sites for hydroxylation is 2. The summed E-state index contributed by atoms with van der Waals surface area (Å²) in [4.78, 5) is 0.198. The summed E-state index contributed by atoms with van der Waals surface area (Å²) in [7, 11) is -3.57. The molecule has 0 amide bonds. The van der Waals surface area contributed by atoms with Crippen LogP contribution < -0.4 is 9.46 Å². The lowest BCUT2D eigenvalue weighted by Crippen LogP contribution is -2.26. The highest BCUT2D eigenvalue weighted by Gasteiger charge is 2.20. The van der Waals surface area contributed by atoms with Crippen molar-refractivity contribution in [3.8, 4) is 5.75 Å². The Morgan fingerprint density at radius 1 is 1.10 bits per heavy atom. The summed E-state index contributed by atoms with van der Waals surface area (Å²) >= 11 is 0. The number of nitrogens with one attached hydrogen (secondary N) is 1. The zero-order valence-corrected chi connectivity index (χ0v) is 14.0. The Morgan fingerprint density at radius 3 is 2.38 bits per heavy atom. The van der Waals surface area contributed by atoms with Crippen LogP contribution in [0.4, 0.5) is 0 Å². The van der Waals surface area contributed by atoms with E-state index < -0.39 is 10.0 Å². The molecule has 0 aliphatic heterocycles. The van der Waals surface area contributed by atoms with Crippen LogP contribution in [0, 0.1) is 13.8 Å². The molecule has 1 N–H and O–H groups in total. The summed E-state index contributed by atoms with van der Waals surface area (Å²) < 4.78 is 38.0. The predicted octanol–water partition coefficient (Wildman–Crippen LogP) is 2.41. The highest BCUT2D eigenvalue weighted by molar-refractivity contribution is 7.89. The van der Waals surface area contributed by atoms with E-state index in [-0.39, 0.29) is 4.90 Å². The van der Waals surface area contributed by atoms with Gasteiger partial charge in [-0.2, -0.15) is 0 Å². The van der Waals surface area contributed by atoms with Crippen LogP contribution in [0.15, 0.2) is 17.0 Å². The van der Waals surface area contributed by atoms with Crippen molar-refractivity contribution in [3.05, 3.63) is 23.3 Å². The number of sulfonamides is 1. The zero-order valence-electron chi connectivity index (χ0n) is 13.2. The van der Waals surface area contributed by atoms with E-state index >= 15 is 0 Å². The fourth-order valence-corrected chi connectivity index (χ4v) is 3.13. The highest BCUT2D eigenvalue weighted by atomic mass is 32.2. The van der Waals surface area contributed by atoms with Crippen molar-refractivity contribution >= 4 is 10.0 Å². The summed E-state index contributed by atoms with van der Waals surface area (Å²) in [6, 6.07) is 3.43. The second kappa shape index (κ2) is 8.36. The minimum Gasteiger partial charge on any atom is -0.492 e. The lowest BCUT2D eigenvalue weighted by molar-refractivity contribution is 0.146. The standard InChI is InChI=1S/C15H25NO4S/c1-5-19-9-7-8-16-21(17,18)15-11-13(4)12(3)10-14(15)20-6-2/h10-11,16H,5-9H2,1-4H3. The molecule has 1 rings (SSSR count). The van der Waals surface area contributed by atoms with Crippen LogP contribution in [0.1, 0.15) is 31.4 Å². The number of hydrogen-bond acceptors (Lipinski definition) is 4. The van der Waals surface area contributed by atoms with E-state index in [4.69, 9.17) is 9.47 Å². The van der Waals surface area contributed by atoms with E-state index in [1.54, 1.807) is 12.1 Å². The van der Waals surface area contributed by atoms with Crippen molar-refractivity contribution in [1.29, 1.82) is 0 Å². The van der Waals surface area contributed by atoms with Gasteiger partial charge in [0.25, 0.3) is 0 Å². The van der Waals surface area contributed by atoms with Gasteiger partial charge in [-0.05, 0) is 57.4 Å². The Bertz CT molecular complexity index is 555. The first-order valence-corrected chi connectivity index (χ1v) is 8.72. The summed E-state index contributed by atoms with van der Waals surface area (Å²) in [5, 5.41) is 0. The Morgan fingerprint density at radius 2 is 1.76 bits per heavy atom. The normalized spacial score (nSPS) is 11.6. The van der Waals surface area contributed by atoms with Crippen LogP contribution >= 0.6 is 0 Å². The molecular weight excluding hydrogens is 290 g/mol. The van der Waals surface area contributed by atoms with Crippen molar-refractivity contribution in [2.24, 2.45) is 0 Å². The van der Waals surface area contributed by atoms with Gasteiger partial charge in [-0.25, -0.2) is 13.1 Å². The largest absolute Gasteiger partial charge is 0.492 e. The molecule has 0 radical (unpaired) electrons. The van der Waals surface area contributed by atoms with Crippen LogP contribution in [0.25, 0.3) is 0 Å². The van der Waals surface area contributed by atoms with E-state index in [0.29, 0.717) is 38.5 Å². The lowest BCUT2D eigenvalue weighted by atomic mass is 10.1.